The van der Waals surface area contributed by atoms with E-state index >= 15 is 0 Å². The van der Waals surface area contributed by atoms with Crippen LogP contribution in [0.2, 0.25) is 0 Å². The first-order valence-corrected chi connectivity index (χ1v) is 7.31. The second-order valence-electron chi connectivity index (χ2n) is 4.37. The van der Waals surface area contributed by atoms with Crippen molar-refractivity contribution in [2.75, 3.05) is 20.3 Å². The first-order valence-electron chi connectivity index (χ1n) is 7.31. The van der Waals surface area contributed by atoms with E-state index in [2.05, 4.69) is 6.58 Å². The predicted octanol–water partition coefficient (Wildman–Crippen LogP) is 3.95. The molecule has 0 spiro atoms. The van der Waals surface area contributed by atoms with E-state index in [1.54, 1.807) is 19.3 Å². The maximum Gasteiger partial charge on any atom is 0.331 e. The normalized spacial score (nSPS) is 11.2. The summed E-state index contributed by atoms with van der Waals surface area (Å²) in [6, 6.07) is 5.72. The summed E-state index contributed by atoms with van der Waals surface area (Å²) in [4.78, 5) is 11.2. The van der Waals surface area contributed by atoms with Crippen molar-refractivity contribution in [3.05, 3.63) is 66.8 Å². The molecule has 0 atom stereocenters. The largest absolute Gasteiger partial charge is 0.493 e. The summed E-state index contributed by atoms with van der Waals surface area (Å²) in [6.45, 7) is 6.19. The van der Waals surface area contributed by atoms with Gasteiger partial charge in [-0.05, 0) is 24.6 Å². The molecule has 0 heterocycles. The van der Waals surface area contributed by atoms with Crippen LogP contribution in [0, 0.1) is 0 Å². The van der Waals surface area contributed by atoms with Crippen LogP contribution in [0.4, 0.5) is 0 Å². The molecule has 0 saturated carbocycles. The Bertz CT molecular complexity index is 597. The second-order valence-corrected chi connectivity index (χ2v) is 4.37. The Kier molecular flexibility index (Phi) is 8.67. The minimum absolute atomic E-state index is 0.215. The lowest BCUT2D eigenvalue weighted by Crippen LogP contribution is -1.99. The van der Waals surface area contributed by atoms with Crippen LogP contribution in [0.5, 0.6) is 11.5 Å². The van der Waals surface area contributed by atoms with Gasteiger partial charge < -0.3 is 14.2 Å². The zero-order valence-corrected chi connectivity index (χ0v) is 13.5. The first kappa shape index (κ1) is 18.3. The zero-order valence-electron chi connectivity index (χ0n) is 13.5. The Hall–Kier alpha value is -2.75. The molecule has 4 nitrogen and oxygen atoms in total. The van der Waals surface area contributed by atoms with Gasteiger partial charge in [-0.25, -0.2) is 4.79 Å². The molecular formula is C19H22O4. The van der Waals surface area contributed by atoms with Crippen molar-refractivity contribution in [3.63, 3.8) is 0 Å². The molecule has 1 aromatic carbocycles. The quantitative estimate of drug-likeness (QED) is 0.300. The van der Waals surface area contributed by atoms with Crippen molar-refractivity contribution >= 4 is 12.0 Å². The average Bonchev–Trinajstić information content (AvgIpc) is 2.56. The summed E-state index contributed by atoms with van der Waals surface area (Å²) < 4.78 is 15.6. The molecule has 0 aliphatic heterocycles. The molecule has 0 bridgehead atoms. The highest BCUT2D eigenvalue weighted by molar-refractivity contribution is 5.82. The summed E-state index contributed by atoms with van der Waals surface area (Å²) in [5.74, 6) is 1.03. The molecule has 0 amide bonds. The van der Waals surface area contributed by atoms with Crippen LogP contribution in [0.1, 0.15) is 12.5 Å². The monoisotopic (exact) mass is 314 g/mol. The molecule has 4 heteroatoms. The van der Waals surface area contributed by atoms with Gasteiger partial charge in [0.15, 0.2) is 11.5 Å². The van der Waals surface area contributed by atoms with Crippen LogP contribution in [-0.4, -0.2) is 26.3 Å². The average molecular weight is 314 g/mol. The molecule has 0 unspecified atom stereocenters. The number of benzene rings is 1. The standard InChI is InChI=1S/C19H22O4/c1-4-14-23-19(20)11-9-7-6-8-10-16-12-13-17(21-3)18(15-16)22-5-2/h4,6-13,15H,1,5,14H2,2-3H3/b7-6+,10-8+,11-9+. The molecule has 0 aromatic heterocycles. The van der Waals surface area contributed by atoms with Gasteiger partial charge in [-0.3, -0.25) is 0 Å². The number of carbonyl (C=O) groups is 1. The molecule has 1 aromatic rings. The van der Waals surface area contributed by atoms with Gasteiger partial charge in [-0.1, -0.05) is 49.1 Å². The van der Waals surface area contributed by atoms with Crippen LogP contribution in [0.15, 0.2) is 61.2 Å². The van der Waals surface area contributed by atoms with Crippen LogP contribution < -0.4 is 9.47 Å². The maximum atomic E-state index is 11.2. The van der Waals surface area contributed by atoms with Crippen molar-refractivity contribution < 1.29 is 19.0 Å². The predicted molar refractivity (Wildman–Crippen MR) is 92.6 cm³/mol. The van der Waals surface area contributed by atoms with Crippen LogP contribution >= 0.6 is 0 Å². The number of rotatable bonds is 9. The van der Waals surface area contributed by atoms with E-state index in [9.17, 15) is 4.79 Å². The fourth-order valence-electron chi connectivity index (χ4n) is 1.68. The van der Waals surface area contributed by atoms with E-state index < -0.39 is 5.97 Å². The molecule has 23 heavy (non-hydrogen) atoms. The van der Waals surface area contributed by atoms with Crippen molar-refractivity contribution in [1.82, 2.24) is 0 Å². The molecule has 122 valence electrons. The van der Waals surface area contributed by atoms with Crippen LogP contribution in [0.25, 0.3) is 6.08 Å². The summed E-state index contributed by atoms with van der Waals surface area (Å²) in [5.41, 5.74) is 0.994. The van der Waals surface area contributed by atoms with E-state index in [0.29, 0.717) is 18.1 Å². The van der Waals surface area contributed by atoms with Crippen molar-refractivity contribution in [3.8, 4) is 11.5 Å². The fraction of sp³-hybridized carbons (Fsp3) is 0.211. The summed E-state index contributed by atoms with van der Waals surface area (Å²) >= 11 is 0. The number of carbonyl (C=O) groups excluding carboxylic acids is 1. The Morgan fingerprint density at radius 2 is 1.96 bits per heavy atom. The van der Waals surface area contributed by atoms with Gasteiger partial charge in [-0.2, -0.15) is 0 Å². The van der Waals surface area contributed by atoms with Gasteiger partial charge in [0.05, 0.1) is 13.7 Å². The maximum absolute atomic E-state index is 11.2. The summed E-state index contributed by atoms with van der Waals surface area (Å²) in [5, 5.41) is 0. The third-order valence-corrected chi connectivity index (χ3v) is 2.69. The SMILES string of the molecule is C=CCOC(=O)/C=C/C=C/C=C/c1ccc(OC)c(OCC)c1. The molecular weight excluding hydrogens is 292 g/mol. The molecule has 0 saturated heterocycles. The van der Waals surface area contributed by atoms with Crippen molar-refractivity contribution in [2.45, 2.75) is 6.92 Å². The van der Waals surface area contributed by atoms with Crippen LogP contribution in [-0.2, 0) is 9.53 Å². The smallest absolute Gasteiger partial charge is 0.331 e. The van der Waals surface area contributed by atoms with Gasteiger partial charge in [-0.15, -0.1) is 0 Å². The lowest BCUT2D eigenvalue weighted by molar-refractivity contribution is -0.136. The molecule has 0 fully saturated rings. The van der Waals surface area contributed by atoms with Gasteiger partial charge in [0, 0.05) is 6.08 Å². The Morgan fingerprint density at radius 1 is 1.17 bits per heavy atom. The molecule has 0 radical (unpaired) electrons. The Labute approximate surface area is 137 Å². The third-order valence-electron chi connectivity index (χ3n) is 2.69. The summed E-state index contributed by atoms with van der Waals surface area (Å²) in [7, 11) is 1.61. The van der Waals surface area contributed by atoms with Crippen LogP contribution in [0.3, 0.4) is 0 Å². The number of hydrogen-bond donors (Lipinski definition) is 0. The van der Waals surface area contributed by atoms with E-state index in [1.165, 1.54) is 12.2 Å². The molecule has 0 aliphatic rings. The van der Waals surface area contributed by atoms with Gasteiger partial charge >= 0.3 is 5.97 Å². The van der Waals surface area contributed by atoms with E-state index in [0.717, 1.165) is 5.56 Å². The topological polar surface area (TPSA) is 44.8 Å². The number of methoxy groups -OCH3 is 1. The lowest BCUT2D eigenvalue weighted by atomic mass is 10.2. The van der Waals surface area contributed by atoms with Crippen molar-refractivity contribution in [1.29, 1.82) is 0 Å². The number of allylic oxidation sites excluding steroid dienone is 4. The van der Waals surface area contributed by atoms with Crippen molar-refractivity contribution in [2.24, 2.45) is 0 Å². The highest BCUT2D eigenvalue weighted by Crippen LogP contribution is 2.28. The Morgan fingerprint density at radius 3 is 2.65 bits per heavy atom. The highest BCUT2D eigenvalue weighted by atomic mass is 16.5. The number of ether oxygens (including phenoxy) is 3. The molecule has 0 N–H and O–H groups in total. The number of hydrogen-bond acceptors (Lipinski definition) is 4. The second kappa shape index (κ2) is 10.9. The third kappa shape index (κ3) is 7.18. The first-order chi connectivity index (χ1) is 11.2. The van der Waals surface area contributed by atoms with E-state index in [1.807, 2.05) is 43.4 Å². The molecule has 1 rings (SSSR count). The zero-order chi connectivity index (χ0) is 16.9. The fourth-order valence-corrected chi connectivity index (χ4v) is 1.68. The minimum atomic E-state index is -0.393. The van der Waals surface area contributed by atoms with E-state index in [-0.39, 0.29) is 6.61 Å². The van der Waals surface area contributed by atoms with E-state index in [4.69, 9.17) is 14.2 Å². The van der Waals surface area contributed by atoms with Gasteiger partial charge in [0.1, 0.15) is 6.61 Å². The minimum Gasteiger partial charge on any atom is -0.493 e. The van der Waals surface area contributed by atoms with Gasteiger partial charge in [0.25, 0.3) is 0 Å². The summed E-state index contributed by atoms with van der Waals surface area (Å²) in [6.07, 6.45) is 11.9. The highest BCUT2D eigenvalue weighted by Gasteiger charge is 2.03. The molecule has 0 aliphatic carbocycles. The number of esters is 1. The Balaban J connectivity index is 2.58. The van der Waals surface area contributed by atoms with Gasteiger partial charge in [0.2, 0.25) is 0 Å². The lowest BCUT2D eigenvalue weighted by Gasteiger charge is -2.09.